The zero-order chi connectivity index (χ0) is 15.6. The molecule has 1 aliphatic heterocycles. The van der Waals surface area contributed by atoms with Crippen molar-refractivity contribution in [2.75, 3.05) is 12.3 Å². The highest BCUT2D eigenvalue weighted by molar-refractivity contribution is 8.00. The summed E-state index contributed by atoms with van der Waals surface area (Å²) in [5.74, 6) is -0.0557. The molecule has 0 amide bonds. The van der Waals surface area contributed by atoms with Gasteiger partial charge in [-0.25, -0.2) is 17.9 Å². The molecule has 0 radical (unpaired) electrons. The van der Waals surface area contributed by atoms with Gasteiger partial charge in [-0.2, -0.15) is 11.8 Å². The molecule has 2 rings (SSSR count). The molecule has 1 heterocycles. The van der Waals surface area contributed by atoms with Gasteiger partial charge in [0, 0.05) is 11.8 Å². The van der Waals surface area contributed by atoms with Crippen molar-refractivity contribution < 1.29 is 18.3 Å². The van der Waals surface area contributed by atoms with Crippen molar-refractivity contribution in [3.8, 4) is 0 Å². The number of aromatic carboxylic acids is 1. The first-order valence-electron chi connectivity index (χ1n) is 6.77. The number of carboxylic acids is 1. The molecule has 0 aliphatic carbocycles. The minimum Gasteiger partial charge on any atom is -0.478 e. The molecule has 7 heteroatoms. The van der Waals surface area contributed by atoms with Gasteiger partial charge in [-0.15, -0.1) is 0 Å². The van der Waals surface area contributed by atoms with Crippen LogP contribution in [-0.4, -0.2) is 37.0 Å². The van der Waals surface area contributed by atoms with Gasteiger partial charge in [-0.1, -0.05) is 0 Å². The fourth-order valence-corrected chi connectivity index (χ4v) is 5.04. The van der Waals surface area contributed by atoms with E-state index in [1.165, 1.54) is 12.1 Å². The van der Waals surface area contributed by atoms with Gasteiger partial charge in [0.2, 0.25) is 10.0 Å². The molecular weight excluding hydrogens is 310 g/mol. The van der Waals surface area contributed by atoms with E-state index in [-0.39, 0.29) is 10.5 Å². The number of hydrogen-bond donors (Lipinski definition) is 2. The third-order valence-corrected chi connectivity index (χ3v) is 6.63. The van der Waals surface area contributed by atoms with Crippen molar-refractivity contribution in [2.45, 2.75) is 36.8 Å². The number of carbonyl (C=O) groups is 1. The van der Waals surface area contributed by atoms with Crippen molar-refractivity contribution in [2.24, 2.45) is 0 Å². The van der Waals surface area contributed by atoms with Gasteiger partial charge < -0.3 is 5.11 Å². The zero-order valence-corrected chi connectivity index (χ0v) is 13.7. The Kier molecular flexibility index (Phi) is 4.95. The normalized spacial score (nSPS) is 18.9. The Balaban J connectivity index is 2.27. The number of thioether (sulfide) groups is 1. The highest BCUT2D eigenvalue weighted by Crippen LogP contribution is 2.26. The Morgan fingerprint density at radius 1 is 1.43 bits per heavy atom. The zero-order valence-electron chi connectivity index (χ0n) is 12.0. The molecular formula is C14H19NO4S2. The molecule has 1 aliphatic rings. The van der Waals surface area contributed by atoms with Crippen molar-refractivity contribution in [3.05, 3.63) is 28.8 Å². The highest BCUT2D eigenvalue weighted by Gasteiger charge is 2.23. The van der Waals surface area contributed by atoms with Crippen LogP contribution in [0.3, 0.4) is 0 Å². The maximum absolute atomic E-state index is 12.4. The van der Waals surface area contributed by atoms with Crippen molar-refractivity contribution in [3.63, 3.8) is 0 Å². The Bertz CT molecular complexity index is 649. The molecule has 1 unspecified atom stereocenters. The van der Waals surface area contributed by atoms with Gasteiger partial charge in [-0.05, 0) is 55.7 Å². The lowest BCUT2D eigenvalue weighted by Gasteiger charge is -2.14. The summed E-state index contributed by atoms with van der Waals surface area (Å²) in [6.45, 7) is 3.80. The number of carboxylic acid groups (broad SMARTS) is 1. The number of sulfonamides is 1. The van der Waals surface area contributed by atoms with Crippen LogP contribution in [0.15, 0.2) is 17.0 Å². The standard InChI is InChI=1S/C14H19NO4S2/c1-9-6-11(14(16)17)7-13(10(9)2)21(18,19)15-8-12-4-3-5-20-12/h6-7,12,15H,3-5,8H2,1-2H3,(H,16,17). The van der Waals surface area contributed by atoms with Crippen LogP contribution in [0.4, 0.5) is 0 Å². The predicted octanol–water partition coefficient (Wildman–Crippen LogP) is 2.18. The van der Waals surface area contributed by atoms with Gasteiger partial charge in [0.25, 0.3) is 0 Å². The quantitative estimate of drug-likeness (QED) is 0.865. The summed E-state index contributed by atoms with van der Waals surface area (Å²) in [7, 11) is -3.68. The van der Waals surface area contributed by atoms with Crippen LogP contribution < -0.4 is 4.72 Å². The Morgan fingerprint density at radius 3 is 2.71 bits per heavy atom. The molecule has 1 aromatic rings. The van der Waals surface area contributed by atoms with Crippen LogP contribution in [0, 0.1) is 13.8 Å². The lowest BCUT2D eigenvalue weighted by molar-refractivity contribution is 0.0696. The van der Waals surface area contributed by atoms with Gasteiger partial charge in [-0.3, -0.25) is 0 Å². The first kappa shape index (κ1) is 16.3. The van der Waals surface area contributed by atoms with Crippen molar-refractivity contribution in [1.29, 1.82) is 0 Å². The molecule has 1 fully saturated rings. The number of hydrogen-bond acceptors (Lipinski definition) is 4. The molecule has 2 N–H and O–H groups in total. The second kappa shape index (κ2) is 6.37. The van der Waals surface area contributed by atoms with E-state index >= 15 is 0 Å². The lowest BCUT2D eigenvalue weighted by Crippen LogP contribution is -2.30. The molecule has 0 saturated carbocycles. The minimum atomic E-state index is -3.68. The fourth-order valence-electron chi connectivity index (χ4n) is 2.32. The molecule has 1 aromatic carbocycles. The maximum Gasteiger partial charge on any atom is 0.335 e. The third-order valence-electron chi connectivity index (χ3n) is 3.68. The van der Waals surface area contributed by atoms with Crippen molar-refractivity contribution >= 4 is 27.8 Å². The molecule has 1 atom stereocenters. The topological polar surface area (TPSA) is 83.5 Å². The predicted molar refractivity (Wildman–Crippen MR) is 83.5 cm³/mol. The molecule has 21 heavy (non-hydrogen) atoms. The van der Waals surface area contributed by atoms with E-state index in [1.54, 1.807) is 25.6 Å². The average molecular weight is 329 g/mol. The van der Waals surface area contributed by atoms with Crippen LogP contribution in [-0.2, 0) is 10.0 Å². The van der Waals surface area contributed by atoms with E-state index in [0.717, 1.165) is 18.6 Å². The summed E-state index contributed by atoms with van der Waals surface area (Å²) >= 11 is 1.77. The van der Waals surface area contributed by atoms with Crippen LogP contribution in [0.2, 0.25) is 0 Å². The Morgan fingerprint density at radius 2 is 2.14 bits per heavy atom. The van der Waals surface area contributed by atoms with Gasteiger partial charge >= 0.3 is 5.97 Å². The third kappa shape index (κ3) is 3.78. The molecule has 116 valence electrons. The second-order valence-electron chi connectivity index (χ2n) is 5.21. The first-order chi connectivity index (χ1) is 9.81. The number of aryl methyl sites for hydroxylation is 1. The molecule has 0 aromatic heterocycles. The van der Waals surface area contributed by atoms with E-state index in [2.05, 4.69) is 4.72 Å². The van der Waals surface area contributed by atoms with Crippen LogP contribution in [0.25, 0.3) is 0 Å². The molecule has 0 bridgehead atoms. The smallest absolute Gasteiger partial charge is 0.335 e. The number of benzene rings is 1. The second-order valence-corrected chi connectivity index (χ2v) is 8.35. The summed E-state index contributed by atoms with van der Waals surface area (Å²) in [4.78, 5) is 11.2. The molecule has 5 nitrogen and oxygen atoms in total. The number of nitrogens with one attached hydrogen (secondary N) is 1. The number of rotatable bonds is 5. The lowest BCUT2D eigenvalue weighted by atomic mass is 10.1. The van der Waals surface area contributed by atoms with E-state index in [9.17, 15) is 13.2 Å². The summed E-state index contributed by atoms with van der Waals surface area (Å²) in [5.41, 5.74) is 1.24. The van der Waals surface area contributed by atoms with E-state index < -0.39 is 16.0 Å². The van der Waals surface area contributed by atoms with Crippen LogP contribution in [0.5, 0.6) is 0 Å². The first-order valence-corrected chi connectivity index (χ1v) is 9.30. The maximum atomic E-state index is 12.4. The van der Waals surface area contributed by atoms with Gasteiger partial charge in [0.15, 0.2) is 0 Å². The van der Waals surface area contributed by atoms with Crippen LogP contribution >= 0.6 is 11.8 Å². The Hall–Kier alpha value is -1.05. The average Bonchev–Trinajstić information content (AvgIpc) is 2.92. The van der Waals surface area contributed by atoms with Gasteiger partial charge in [0.1, 0.15) is 0 Å². The summed E-state index contributed by atoms with van der Waals surface area (Å²) in [6, 6.07) is 2.72. The van der Waals surface area contributed by atoms with E-state index in [0.29, 0.717) is 22.9 Å². The fraction of sp³-hybridized carbons (Fsp3) is 0.500. The largest absolute Gasteiger partial charge is 0.478 e. The highest BCUT2D eigenvalue weighted by atomic mass is 32.2. The molecule has 0 spiro atoms. The SMILES string of the molecule is Cc1cc(C(=O)O)cc(S(=O)(=O)NCC2CCCS2)c1C. The van der Waals surface area contributed by atoms with Crippen molar-refractivity contribution in [1.82, 2.24) is 4.72 Å². The Labute approximate surface area is 129 Å². The van der Waals surface area contributed by atoms with E-state index in [4.69, 9.17) is 5.11 Å². The molecule has 1 saturated heterocycles. The van der Waals surface area contributed by atoms with Gasteiger partial charge in [0.05, 0.1) is 10.5 Å². The monoisotopic (exact) mass is 329 g/mol. The summed E-state index contributed by atoms with van der Waals surface area (Å²) in [6.07, 6.45) is 2.13. The summed E-state index contributed by atoms with van der Waals surface area (Å²) < 4.78 is 27.5. The van der Waals surface area contributed by atoms with E-state index in [1.807, 2.05) is 0 Å². The van der Waals surface area contributed by atoms with Crippen LogP contribution in [0.1, 0.15) is 34.3 Å². The summed E-state index contributed by atoms with van der Waals surface area (Å²) in [5, 5.41) is 9.38. The minimum absolute atomic E-state index is 0.00582.